The molecule has 0 aromatic carbocycles. The molecule has 0 amide bonds. The molecule has 0 spiro atoms. The number of rotatable bonds is 8. The van der Waals surface area contributed by atoms with Gasteiger partial charge in [0.2, 0.25) is 0 Å². The molecule has 9 atom stereocenters. The summed E-state index contributed by atoms with van der Waals surface area (Å²) in [4.78, 5) is 11.0. The molecular weight excluding hydrogens is 396 g/mol. The molecule has 2 aliphatic heterocycles. The molecule has 2 saturated heterocycles. The van der Waals surface area contributed by atoms with E-state index in [4.69, 9.17) is 19.3 Å². The number of aliphatic hydroxyl groups is 1. The van der Waals surface area contributed by atoms with Crippen LogP contribution in [0.2, 0.25) is 0 Å². The minimum Gasteiger partial charge on any atom is -0.481 e. The van der Waals surface area contributed by atoms with E-state index in [0.717, 1.165) is 18.4 Å². The van der Waals surface area contributed by atoms with Crippen LogP contribution in [0.15, 0.2) is 23.8 Å². The minimum absolute atomic E-state index is 0.000700. The Kier molecular flexibility index (Phi) is 9.31. The van der Waals surface area contributed by atoms with Gasteiger partial charge in [0.1, 0.15) is 0 Å². The topological polar surface area (TPSA) is 85.2 Å². The summed E-state index contributed by atoms with van der Waals surface area (Å²) in [6, 6.07) is 0. The normalized spacial score (nSPS) is 40.8. The number of allylic oxidation sites excluding steroid dienone is 3. The fraction of sp³-hybridized carbons (Fsp3) is 0.800. The summed E-state index contributed by atoms with van der Waals surface area (Å²) in [6.07, 6.45) is 7.73. The van der Waals surface area contributed by atoms with Gasteiger partial charge < -0.3 is 24.4 Å². The van der Waals surface area contributed by atoms with Gasteiger partial charge in [-0.3, -0.25) is 4.79 Å². The van der Waals surface area contributed by atoms with Crippen molar-refractivity contribution in [1.29, 1.82) is 0 Å². The Morgan fingerprint density at radius 2 is 1.97 bits per heavy atom. The predicted molar refractivity (Wildman–Crippen MR) is 121 cm³/mol. The highest BCUT2D eigenvalue weighted by Gasteiger charge is 2.48. The maximum Gasteiger partial charge on any atom is 0.305 e. The van der Waals surface area contributed by atoms with Crippen molar-refractivity contribution in [1.82, 2.24) is 0 Å². The zero-order valence-corrected chi connectivity index (χ0v) is 20.2. The lowest BCUT2D eigenvalue weighted by atomic mass is 9.76. The third kappa shape index (κ3) is 6.64. The number of carbonyl (C=O) groups is 1. The van der Waals surface area contributed by atoms with Crippen molar-refractivity contribution in [2.24, 2.45) is 17.8 Å². The van der Waals surface area contributed by atoms with Gasteiger partial charge in [0.05, 0.1) is 42.5 Å². The first-order valence-electron chi connectivity index (χ1n) is 11.6. The predicted octanol–water partition coefficient (Wildman–Crippen LogP) is 4.36. The number of methoxy groups -OCH3 is 1. The van der Waals surface area contributed by atoms with Gasteiger partial charge in [0.25, 0.3) is 0 Å². The molecule has 178 valence electrons. The Morgan fingerprint density at radius 1 is 1.29 bits per heavy atom. The fourth-order valence-corrected chi connectivity index (χ4v) is 5.41. The molecule has 2 aliphatic rings. The van der Waals surface area contributed by atoms with Crippen molar-refractivity contribution in [2.45, 2.75) is 103 Å². The highest BCUT2D eigenvalue weighted by Crippen LogP contribution is 2.38. The summed E-state index contributed by atoms with van der Waals surface area (Å²) in [5.74, 6) is -0.226. The molecule has 0 radical (unpaired) electrons. The molecule has 0 aromatic heterocycles. The lowest BCUT2D eigenvalue weighted by Gasteiger charge is -2.49. The van der Waals surface area contributed by atoms with Crippen LogP contribution in [0.3, 0.4) is 0 Å². The van der Waals surface area contributed by atoms with E-state index in [9.17, 15) is 9.90 Å². The summed E-state index contributed by atoms with van der Waals surface area (Å²) in [5.41, 5.74) is 0.484. The number of hydrogen-bond acceptors (Lipinski definition) is 5. The molecule has 0 unspecified atom stereocenters. The van der Waals surface area contributed by atoms with Crippen molar-refractivity contribution in [2.75, 3.05) is 7.11 Å². The van der Waals surface area contributed by atoms with Gasteiger partial charge in [-0.1, -0.05) is 39.0 Å². The summed E-state index contributed by atoms with van der Waals surface area (Å²) in [6.45, 7) is 12.3. The molecule has 2 rings (SSSR count). The maximum atomic E-state index is 11.0. The van der Waals surface area contributed by atoms with Gasteiger partial charge in [-0.25, -0.2) is 0 Å². The third-order valence-corrected chi connectivity index (χ3v) is 7.01. The Balaban J connectivity index is 1.98. The number of ether oxygens (including phenoxy) is 3. The Hall–Kier alpha value is -1.21. The first-order chi connectivity index (χ1) is 14.5. The molecule has 31 heavy (non-hydrogen) atoms. The van der Waals surface area contributed by atoms with Crippen LogP contribution < -0.4 is 0 Å². The Bertz CT molecular complexity index is 658. The first-order valence-corrected chi connectivity index (χ1v) is 11.6. The number of aliphatic hydroxyl groups excluding tert-OH is 1. The van der Waals surface area contributed by atoms with Crippen LogP contribution >= 0.6 is 0 Å². The summed E-state index contributed by atoms with van der Waals surface area (Å²) < 4.78 is 17.8. The van der Waals surface area contributed by atoms with E-state index in [1.54, 1.807) is 7.11 Å². The second-order valence-corrected chi connectivity index (χ2v) is 9.95. The van der Waals surface area contributed by atoms with E-state index in [1.807, 2.05) is 33.8 Å². The molecule has 6 heteroatoms. The zero-order chi connectivity index (χ0) is 23.3. The lowest BCUT2D eigenvalue weighted by molar-refractivity contribution is -0.247. The smallest absolute Gasteiger partial charge is 0.305 e. The van der Waals surface area contributed by atoms with E-state index < -0.39 is 17.7 Å². The van der Waals surface area contributed by atoms with Gasteiger partial charge in [0, 0.05) is 13.0 Å². The van der Waals surface area contributed by atoms with Crippen molar-refractivity contribution >= 4 is 5.97 Å². The van der Waals surface area contributed by atoms with Crippen LogP contribution in [0.1, 0.15) is 67.2 Å². The Morgan fingerprint density at radius 3 is 2.58 bits per heavy atom. The number of hydrogen-bond donors (Lipinski definition) is 2. The average Bonchev–Trinajstić information content (AvgIpc) is 2.67. The molecule has 0 saturated carbocycles. The fourth-order valence-electron chi connectivity index (χ4n) is 5.41. The van der Waals surface area contributed by atoms with E-state index in [0.29, 0.717) is 12.3 Å². The third-order valence-electron chi connectivity index (χ3n) is 7.01. The molecule has 2 heterocycles. The van der Waals surface area contributed by atoms with Crippen LogP contribution in [0, 0.1) is 17.8 Å². The van der Waals surface area contributed by atoms with Crippen molar-refractivity contribution in [3.05, 3.63) is 23.8 Å². The van der Waals surface area contributed by atoms with Crippen LogP contribution in [0.5, 0.6) is 0 Å². The zero-order valence-electron chi connectivity index (χ0n) is 20.2. The number of aliphatic carboxylic acids is 1. The number of carboxylic acids is 1. The first kappa shape index (κ1) is 26.0. The quantitative estimate of drug-likeness (QED) is 0.548. The maximum absolute atomic E-state index is 11.0. The monoisotopic (exact) mass is 438 g/mol. The SMILES string of the molecule is CO[C@@H]1[C@@H](C)[C@@H](O)[C@](C)(C[C@H](C)/C=C/C=C(\C)[C@H]2O[C@@H](CC(=O)O)CC[C@@H]2C)O[C@@H]1C. The van der Waals surface area contributed by atoms with Gasteiger partial charge in [-0.05, 0) is 57.4 Å². The summed E-state index contributed by atoms with van der Waals surface area (Å²) in [7, 11) is 1.66. The summed E-state index contributed by atoms with van der Waals surface area (Å²) in [5, 5.41) is 19.9. The van der Waals surface area contributed by atoms with E-state index in [1.165, 1.54) is 0 Å². The molecular formula is C25H42O6. The lowest BCUT2D eigenvalue weighted by Crippen LogP contribution is -2.59. The number of carboxylic acid groups (broad SMARTS) is 1. The average molecular weight is 439 g/mol. The van der Waals surface area contributed by atoms with Crippen LogP contribution in [-0.4, -0.2) is 59.4 Å². The highest BCUT2D eigenvalue weighted by molar-refractivity contribution is 5.67. The van der Waals surface area contributed by atoms with E-state index in [2.05, 4.69) is 26.0 Å². The Labute approximate surface area is 187 Å². The van der Waals surface area contributed by atoms with Gasteiger partial charge in [-0.15, -0.1) is 0 Å². The molecule has 2 N–H and O–H groups in total. The van der Waals surface area contributed by atoms with Crippen LogP contribution in [0.25, 0.3) is 0 Å². The molecule has 6 nitrogen and oxygen atoms in total. The van der Waals surface area contributed by atoms with Gasteiger partial charge in [0.15, 0.2) is 0 Å². The second kappa shape index (κ2) is 11.1. The van der Waals surface area contributed by atoms with E-state index >= 15 is 0 Å². The van der Waals surface area contributed by atoms with Crippen molar-refractivity contribution in [3.63, 3.8) is 0 Å². The highest BCUT2D eigenvalue weighted by atomic mass is 16.6. The second-order valence-electron chi connectivity index (χ2n) is 9.95. The van der Waals surface area contributed by atoms with Crippen LogP contribution in [-0.2, 0) is 19.0 Å². The van der Waals surface area contributed by atoms with Crippen molar-refractivity contribution < 1.29 is 29.2 Å². The summed E-state index contributed by atoms with van der Waals surface area (Å²) >= 11 is 0. The standard InChI is InChI=1S/C25H42O6/c1-15(14-25(6)24(28)18(4)23(29-7)19(5)31-25)9-8-10-16(2)22-17(3)11-12-20(30-22)13-21(26)27/h8-10,15,17-20,22-24,28H,11-14H2,1-7H3,(H,26,27)/b9-8+,16-10+/t15-,17+,18-,19-,20-,22-,23-,24-,25+/m1/s1. The van der Waals surface area contributed by atoms with Gasteiger partial charge in [-0.2, -0.15) is 0 Å². The van der Waals surface area contributed by atoms with Crippen LogP contribution in [0.4, 0.5) is 0 Å². The van der Waals surface area contributed by atoms with Crippen molar-refractivity contribution in [3.8, 4) is 0 Å². The largest absolute Gasteiger partial charge is 0.481 e. The molecule has 2 fully saturated rings. The molecule has 0 aliphatic carbocycles. The minimum atomic E-state index is -0.810. The molecule has 0 bridgehead atoms. The van der Waals surface area contributed by atoms with E-state index in [-0.39, 0.29) is 42.7 Å². The molecule has 0 aromatic rings. The van der Waals surface area contributed by atoms with Gasteiger partial charge >= 0.3 is 5.97 Å².